The first-order chi connectivity index (χ1) is 10.7. The lowest BCUT2D eigenvalue weighted by Crippen LogP contribution is -2.39. The van der Waals surface area contributed by atoms with Crippen molar-refractivity contribution < 1.29 is 14.3 Å². The zero-order chi connectivity index (χ0) is 15.8. The fraction of sp³-hybridized carbons (Fsp3) is 0.611. The minimum Gasteiger partial charge on any atom is -0.494 e. The van der Waals surface area contributed by atoms with Gasteiger partial charge in [-0.3, -0.25) is 4.79 Å². The van der Waals surface area contributed by atoms with Crippen LogP contribution in [0.5, 0.6) is 11.5 Å². The molecule has 1 aromatic carbocycles. The molecule has 0 atom stereocenters. The molecule has 0 saturated heterocycles. The van der Waals surface area contributed by atoms with Gasteiger partial charge < -0.3 is 14.4 Å². The first-order valence-electron chi connectivity index (χ1n) is 8.32. The molecule has 0 heterocycles. The van der Waals surface area contributed by atoms with Crippen molar-refractivity contribution in [1.29, 1.82) is 0 Å². The molecule has 1 aliphatic rings. The summed E-state index contributed by atoms with van der Waals surface area (Å²) >= 11 is 0. The van der Waals surface area contributed by atoms with E-state index in [9.17, 15) is 4.79 Å². The van der Waals surface area contributed by atoms with Gasteiger partial charge in [-0.05, 0) is 44.0 Å². The molecule has 0 unspecified atom stereocenters. The van der Waals surface area contributed by atoms with Gasteiger partial charge in [-0.15, -0.1) is 0 Å². The number of carbonyl (C=O) groups is 1. The number of rotatable bonds is 6. The molecule has 0 aromatic heterocycles. The Kier molecular flexibility index (Phi) is 6.56. The second-order valence-electron chi connectivity index (χ2n) is 5.84. The van der Waals surface area contributed by atoms with Crippen LogP contribution < -0.4 is 9.47 Å². The van der Waals surface area contributed by atoms with Crippen molar-refractivity contribution in [2.75, 3.05) is 20.3 Å². The number of likely N-dealkylation sites (N-methyl/N-ethyl adjacent to an activating group) is 1. The maximum absolute atomic E-state index is 12.3. The topological polar surface area (TPSA) is 38.8 Å². The summed E-state index contributed by atoms with van der Waals surface area (Å²) in [7, 11) is 1.90. The maximum atomic E-state index is 12.3. The third-order valence-corrected chi connectivity index (χ3v) is 4.26. The summed E-state index contributed by atoms with van der Waals surface area (Å²) in [6.07, 6.45) is 7.27. The minimum absolute atomic E-state index is 0.0563. The second kappa shape index (κ2) is 8.66. The molecule has 1 aromatic rings. The predicted molar refractivity (Wildman–Crippen MR) is 87.4 cm³/mol. The van der Waals surface area contributed by atoms with Crippen molar-refractivity contribution in [3.05, 3.63) is 24.3 Å². The SMILES string of the molecule is CCOc1ccc(OCC(=O)N(C)C2CCCCCC2)cc1. The molecule has 0 aliphatic heterocycles. The van der Waals surface area contributed by atoms with Crippen molar-refractivity contribution in [3.8, 4) is 11.5 Å². The standard InChI is InChI=1S/C18H27NO3/c1-3-21-16-10-12-17(13-11-16)22-14-18(20)19(2)15-8-6-4-5-7-9-15/h10-13,15H,3-9,14H2,1-2H3. The molecule has 0 N–H and O–H groups in total. The lowest BCUT2D eigenvalue weighted by molar-refractivity contribution is -0.134. The highest BCUT2D eigenvalue weighted by atomic mass is 16.5. The molecular weight excluding hydrogens is 278 g/mol. The summed E-state index contributed by atoms with van der Waals surface area (Å²) in [5.41, 5.74) is 0. The van der Waals surface area contributed by atoms with E-state index in [1.54, 1.807) is 0 Å². The third kappa shape index (κ3) is 4.93. The van der Waals surface area contributed by atoms with Gasteiger partial charge in [0.25, 0.3) is 5.91 Å². The summed E-state index contributed by atoms with van der Waals surface area (Å²) in [5.74, 6) is 1.57. The molecule has 122 valence electrons. The van der Waals surface area contributed by atoms with Crippen molar-refractivity contribution in [1.82, 2.24) is 4.90 Å². The van der Waals surface area contributed by atoms with E-state index in [4.69, 9.17) is 9.47 Å². The fourth-order valence-electron chi connectivity index (χ4n) is 2.89. The Labute approximate surface area is 133 Å². The number of amides is 1. The van der Waals surface area contributed by atoms with Crippen molar-refractivity contribution in [2.24, 2.45) is 0 Å². The zero-order valence-electron chi connectivity index (χ0n) is 13.7. The van der Waals surface area contributed by atoms with E-state index >= 15 is 0 Å². The van der Waals surface area contributed by atoms with Crippen LogP contribution in [0.3, 0.4) is 0 Å². The van der Waals surface area contributed by atoms with E-state index in [2.05, 4.69) is 0 Å². The maximum Gasteiger partial charge on any atom is 0.260 e. The lowest BCUT2D eigenvalue weighted by atomic mass is 10.1. The normalized spacial score (nSPS) is 15.9. The number of hydrogen-bond donors (Lipinski definition) is 0. The largest absolute Gasteiger partial charge is 0.494 e. The monoisotopic (exact) mass is 305 g/mol. The van der Waals surface area contributed by atoms with Crippen LogP contribution >= 0.6 is 0 Å². The molecule has 1 aliphatic carbocycles. The van der Waals surface area contributed by atoms with Gasteiger partial charge in [0.1, 0.15) is 11.5 Å². The first-order valence-corrected chi connectivity index (χ1v) is 8.32. The summed E-state index contributed by atoms with van der Waals surface area (Å²) in [6.45, 7) is 2.69. The van der Waals surface area contributed by atoms with Crippen LogP contribution in [-0.4, -0.2) is 37.1 Å². The molecule has 4 nitrogen and oxygen atoms in total. The van der Waals surface area contributed by atoms with Gasteiger partial charge in [-0.25, -0.2) is 0 Å². The van der Waals surface area contributed by atoms with Crippen LogP contribution in [0, 0.1) is 0 Å². The third-order valence-electron chi connectivity index (χ3n) is 4.26. The van der Waals surface area contributed by atoms with Gasteiger partial charge >= 0.3 is 0 Å². The first kappa shape index (κ1) is 16.7. The summed E-state index contributed by atoms with van der Waals surface area (Å²) in [5, 5.41) is 0. The van der Waals surface area contributed by atoms with Crippen LogP contribution in [-0.2, 0) is 4.79 Å². The van der Waals surface area contributed by atoms with E-state index in [1.807, 2.05) is 43.1 Å². The Morgan fingerprint density at radius 3 is 2.14 bits per heavy atom. The van der Waals surface area contributed by atoms with Crippen LogP contribution in [0.4, 0.5) is 0 Å². The average molecular weight is 305 g/mol. The Balaban J connectivity index is 1.80. The van der Waals surface area contributed by atoms with Crippen LogP contribution in [0.15, 0.2) is 24.3 Å². The molecule has 0 bridgehead atoms. The summed E-state index contributed by atoms with van der Waals surface area (Å²) < 4.78 is 11.0. The zero-order valence-corrected chi connectivity index (χ0v) is 13.7. The van der Waals surface area contributed by atoms with E-state index < -0.39 is 0 Å². The van der Waals surface area contributed by atoms with Crippen LogP contribution in [0.1, 0.15) is 45.4 Å². The number of nitrogens with zero attached hydrogens (tertiary/aromatic N) is 1. The van der Waals surface area contributed by atoms with Crippen LogP contribution in [0.2, 0.25) is 0 Å². The van der Waals surface area contributed by atoms with Crippen molar-refractivity contribution in [3.63, 3.8) is 0 Å². The highest BCUT2D eigenvalue weighted by Crippen LogP contribution is 2.21. The summed E-state index contributed by atoms with van der Waals surface area (Å²) in [4.78, 5) is 14.1. The molecule has 1 saturated carbocycles. The second-order valence-corrected chi connectivity index (χ2v) is 5.84. The summed E-state index contributed by atoms with van der Waals surface area (Å²) in [6, 6.07) is 7.77. The highest BCUT2D eigenvalue weighted by Gasteiger charge is 2.21. The Bertz CT molecular complexity index is 450. The number of benzene rings is 1. The quantitative estimate of drug-likeness (QED) is 0.753. The van der Waals surface area contributed by atoms with E-state index in [-0.39, 0.29) is 12.5 Å². The molecule has 22 heavy (non-hydrogen) atoms. The Morgan fingerprint density at radius 2 is 1.59 bits per heavy atom. The molecule has 4 heteroatoms. The van der Waals surface area contributed by atoms with Gasteiger partial charge in [-0.2, -0.15) is 0 Å². The molecular formula is C18H27NO3. The molecule has 1 fully saturated rings. The molecule has 0 radical (unpaired) electrons. The van der Waals surface area contributed by atoms with Crippen molar-refractivity contribution >= 4 is 5.91 Å². The Hall–Kier alpha value is -1.71. The van der Waals surface area contributed by atoms with Crippen LogP contribution in [0.25, 0.3) is 0 Å². The minimum atomic E-state index is 0.0563. The highest BCUT2D eigenvalue weighted by molar-refractivity contribution is 5.77. The van der Waals surface area contributed by atoms with Crippen molar-refractivity contribution in [2.45, 2.75) is 51.5 Å². The van der Waals surface area contributed by atoms with Gasteiger partial charge in [-0.1, -0.05) is 25.7 Å². The van der Waals surface area contributed by atoms with Gasteiger partial charge in [0.05, 0.1) is 6.61 Å². The van der Waals surface area contributed by atoms with Gasteiger partial charge in [0, 0.05) is 13.1 Å². The average Bonchev–Trinajstić information content (AvgIpc) is 2.82. The molecule has 1 amide bonds. The van der Waals surface area contributed by atoms with E-state index in [0.717, 1.165) is 18.6 Å². The smallest absolute Gasteiger partial charge is 0.260 e. The van der Waals surface area contributed by atoms with E-state index in [1.165, 1.54) is 25.7 Å². The van der Waals surface area contributed by atoms with Gasteiger partial charge in [0.15, 0.2) is 6.61 Å². The number of carbonyl (C=O) groups excluding carboxylic acids is 1. The molecule has 2 rings (SSSR count). The van der Waals surface area contributed by atoms with E-state index in [0.29, 0.717) is 18.4 Å². The predicted octanol–water partition coefficient (Wildman–Crippen LogP) is 3.65. The Morgan fingerprint density at radius 1 is 1.05 bits per heavy atom. The fourth-order valence-corrected chi connectivity index (χ4v) is 2.89. The molecule has 0 spiro atoms. The number of hydrogen-bond acceptors (Lipinski definition) is 3. The lowest BCUT2D eigenvalue weighted by Gasteiger charge is -2.27. The number of ether oxygens (including phenoxy) is 2. The van der Waals surface area contributed by atoms with Gasteiger partial charge in [0.2, 0.25) is 0 Å².